The van der Waals surface area contributed by atoms with Gasteiger partial charge in [0, 0.05) is 6.92 Å². The van der Waals surface area contributed by atoms with Crippen LogP contribution in [0.4, 0.5) is 5.95 Å². The minimum absolute atomic E-state index is 0.0276. The number of alkyl halides is 1. The summed E-state index contributed by atoms with van der Waals surface area (Å²) in [7, 11) is -7.54. The summed E-state index contributed by atoms with van der Waals surface area (Å²) < 4.78 is 24.0. The minimum atomic E-state index is -2.91. The normalized spacial score (nSPS) is 26.0. The first-order valence-electron chi connectivity index (χ1n) is 17.0. The molecule has 0 spiro atoms. The second-order valence-electron chi connectivity index (χ2n) is 14.3. The van der Waals surface area contributed by atoms with Crippen LogP contribution >= 0.6 is 46.0 Å². The Morgan fingerprint density at radius 3 is 2.17 bits per heavy atom. The van der Waals surface area contributed by atoms with Crippen molar-refractivity contribution in [2.75, 3.05) is 11.9 Å². The van der Waals surface area contributed by atoms with Gasteiger partial charge in [0.05, 0.1) is 28.3 Å². The molecule has 9 nitrogen and oxygen atoms in total. The molecule has 1 amide bonds. The number of nitrogens with one attached hydrogen (secondary N) is 1. The van der Waals surface area contributed by atoms with Crippen LogP contribution in [0.15, 0.2) is 6.33 Å². The maximum Gasteiger partial charge on any atom is 0.335 e. The van der Waals surface area contributed by atoms with Crippen molar-refractivity contribution in [3.8, 4) is 11.5 Å². The number of rotatable bonds is 9. The van der Waals surface area contributed by atoms with Crippen molar-refractivity contribution < 1.29 is 17.8 Å². The third-order valence-corrected chi connectivity index (χ3v) is 28.9. The number of amides is 1. The van der Waals surface area contributed by atoms with Crippen LogP contribution in [0.5, 0.6) is 0 Å². The van der Waals surface area contributed by atoms with Gasteiger partial charge in [-0.3, -0.25) is 10.1 Å². The van der Waals surface area contributed by atoms with Gasteiger partial charge in [0.1, 0.15) is 18.3 Å². The van der Waals surface area contributed by atoms with Gasteiger partial charge < -0.3 is 17.5 Å². The Balaban J connectivity index is 1.99. The maximum absolute atomic E-state index is 11.7. The lowest BCUT2D eigenvalue weighted by Gasteiger charge is -2.53. The number of anilines is 1. The van der Waals surface area contributed by atoms with Gasteiger partial charge in [-0.25, -0.2) is 4.98 Å². The zero-order valence-electron chi connectivity index (χ0n) is 30.0. The molecule has 2 unspecified atom stereocenters. The summed E-state index contributed by atoms with van der Waals surface area (Å²) in [4.78, 5) is 25.3. The van der Waals surface area contributed by atoms with Crippen molar-refractivity contribution in [2.45, 2.75) is 144 Å². The largest absolute Gasteiger partial charge is 0.414 e. The summed E-state index contributed by atoms with van der Waals surface area (Å²) in [6.07, 6.45) is 1.52. The SMILES string of the molecule is CC[Si](C#C[C@@]12CO[Si](C(C)C)(C(C)C)O[Si](C(C)C)(C(C)C)O[C@H]1C(I)C(n1cnc3nc(NC(C)=O)nc(Cl)c31)S2)(CC)CC. The van der Waals surface area contributed by atoms with E-state index in [1.165, 1.54) is 6.92 Å². The summed E-state index contributed by atoms with van der Waals surface area (Å²) in [6, 6.07) is 3.34. The molecular weight excluding hydrogens is 797 g/mol. The van der Waals surface area contributed by atoms with E-state index >= 15 is 0 Å². The molecule has 2 aliphatic heterocycles. The van der Waals surface area contributed by atoms with Crippen molar-refractivity contribution in [1.29, 1.82) is 0 Å². The van der Waals surface area contributed by atoms with Crippen LogP contribution in [0.3, 0.4) is 0 Å². The number of carbonyl (C=O) groups excluding carboxylic acids is 1. The monoisotopic (exact) mass is 849 g/mol. The smallest absolute Gasteiger partial charge is 0.335 e. The molecule has 0 saturated carbocycles. The molecule has 2 fully saturated rings. The third-order valence-electron chi connectivity index (χ3n) is 10.2. The Bertz CT molecular complexity index is 1490. The fraction of sp³-hybridized carbons (Fsp3) is 0.750. The first-order valence-corrected chi connectivity index (χ1v) is 26.1. The lowest BCUT2D eigenvalue weighted by atomic mass is 10.0. The zero-order valence-corrected chi connectivity index (χ0v) is 36.8. The fourth-order valence-electron chi connectivity index (χ4n) is 7.07. The van der Waals surface area contributed by atoms with E-state index in [9.17, 15) is 4.79 Å². The fourth-order valence-corrected chi connectivity index (χ4v) is 25.0. The third kappa shape index (κ3) is 7.17. The first-order chi connectivity index (χ1) is 22.0. The number of hydrogen-bond donors (Lipinski definition) is 1. The number of carbonyl (C=O) groups is 1. The molecule has 2 aliphatic rings. The molecule has 2 saturated heterocycles. The highest BCUT2D eigenvalue weighted by atomic mass is 127. The molecule has 4 rings (SSSR count). The Kier molecular flexibility index (Phi) is 12.5. The van der Waals surface area contributed by atoms with Gasteiger partial charge in [0.15, 0.2) is 10.8 Å². The molecule has 0 radical (unpaired) electrons. The van der Waals surface area contributed by atoms with Crippen LogP contribution in [0.25, 0.3) is 11.2 Å². The van der Waals surface area contributed by atoms with E-state index in [4.69, 9.17) is 24.6 Å². The number of thioether (sulfide) groups is 1. The number of hydrogen-bond acceptors (Lipinski definition) is 8. The quantitative estimate of drug-likeness (QED) is 0.0877. The topological polar surface area (TPSA) is 100 Å². The van der Waals surface area contributed by atoms with Gasteiger partial charge >= 0.3 is 17.1 Å². The van der Waals surface area contributed by atoms with E-state index in [0.29, 0.717) is 17.8 Å². The van der Waals surface area contributed by atoms with Crippen LogP contribution < -0.4 is 5.32 Å². The van der Waals surface area contributed by atoms with Crippen molar-refractivity contribution in [3.63, 3.8) is 0 Å². The van der Waals surface area contributed by atoms with Crippen LogP contribution in [0.1, 0.15) is 88.5 Å². The number of halogens is 2. The number of nitrogens with zero attached hydrogens (tertiary/aromatic N) is 4. The average Bonchev–Trinajstić information content (AvgIpc) is 3.52. The molecule has 15 heteroatoms. The Hall–Kier alpha value is -0.519. The van der Waals surface area contributed by atoms with Gasteiger partial charge in [-0.2, -0.15) is 9.97 Å². The zero-order chi connectivity index (χ0) is 35.1. The van der Waals surface area contributed by atoms with Gasteiger partial charge in [-0.15, -0.1) is 17.3 Å². The number of fused-ring (bicyclic) bond motifs is 2. The van der Waals surface area contributed by atoms with E-state index in [-0.39, 0.29) is 54.6 Å². The molecule has 4 heterocycles. The average molecular weight is 850 g/mol. The van der Waals surface area contributed by atoms with E-state index in [1.807, 2.05) is 11.8 Å². The molecule has 262 valence electrons. The van der Waals surface area contributed by atoms with E-state index in [0.717, 1.165) is 18.1 Å². The summed E-state index contributed by atoms with van der Waals surface area (Å²) >= 11 is 11.2. The maximum atomic E-state index is 11.7. The lowest BCUT2D eigenvalue weighted by Crippen LogP contribution is -2.67. The second-order valence-corrected chi connectivity index (χ2v) is 31.3. The van der Waals surface area contributed by atoms with Gasteiger partial charge in [0.25, 0.3) is 0 Å². The van der Waals surface area contributed by atoms with E-state index in [1.54, 1.807) is 6.33 Å². The van der Waals surface area contributed by atoms with Crippen LogP contribution in [0, 0.1) is 11.5 Å². The summed E-state index contributed by atoms with van der Waals surface area (Å²) in [5.41, 5.74) is 5.89. The van der Waals surface area contributed by atoms with E-state index in [2.05, 4.69) is 135 Å². The summed E-state index contributed by atoms with van der Waals surface area (Å²) in [5.74, 6) is 3.83. The predicted octanol–water partition coefficient (Wildman–Crippen LogP) is 9.23. The van der Waals surface area contributed by atoms with Gasteiger partial charge in [-0.1, -0.05) is 116 Å². The predicted molar refractivity (Wildman–Crippen MR) is 211 cm³/mol. The molecule has 2 aromatic rings. The summed E-state index contributed by atoms with van der Waals surface area (Å²) in [6.45, 7) is 26.8. The number of aromatic nitrogens is 4. The Morgan fingerprint density at radius 1 is 1.09 bits per heavy atom. The van der Waals surface area contributed by atoms with Crippen LogP contribution in [0.2, 0.25) is 45.5 Å². The van der Waals surface area contributed by atoms with Gasteiger partial charge in [0.2, 0.25) is 11.9 Å². The van der Waals surface area contributed by atoms with Crippen LogP contribution in [-0.4, -0.2) is 72.0 Å². The molecule has 0 aliphatic carbocycles. The number of imidazole rings is 1. The Labute approximate surface area is 307 Å². The van der Waals surface area contributed by atoms with Crippen LogP contribution in [-0.2, 0) is 17.8 Å². The molecule has 0 bridgehead atoms. The van der Waals surface area contributed by atoms with Crippen molar-refractivity contribution in [3.05, 3.63) is 11.5 Å². The van der Waals surface area contributed by atoms with Crippen molar-refractivity contribution in [1.82, 2.24) is 19.5 Å². The second kappa shape index (κ2) is 15.0. The highest BCUT2D eigenvalue weighted by Crippen LogP contribution is 2.59. The molecule has 47 heavy (non-hydrogen) atoms. The standard InChI is InChI=1S/C32H53ClIN5O4SSi3/c1-13-45(14-2,15-3)17-16-32-18-41-46(20(4)5,21(6)7)43-47(22(8)9,23(10)11)42-27(32)25(34)30(44-32)39-19-35-29-26(39)28(33)37-31(38-29)36-24(12)40/h19-23,25,27,30H,13-15,18H2,1-12H3,(H,36,37,38,40)/t25?,27-,30?,32+/m0/s1. The molecule has 1 N–H and O–H groups in total. The summed E-state index contributed by atoms with van der Waals surface area (Å²) in [5, 5.41) is 2.72. The van der Waals surface area contributed by atoms with Crippen molar-refractivity contribution in [2.24, 2.45) is 0 Å². The van der Waals surface area contributed by atoms with Crippen molar-refractivity contribution >= 4 is 94.2 Å². The highest BCUT2D eigenvalue weighted by molar-refractivity contribution is 14.1. The molecule has 4 atom stereocenters. The minimum Gasteiger partial charge on any atom is -0.414 e. The molecule has 2 aromatic heterocycles. The lowest BCUT2D eigenvalue weighted by molar-refractivity contribution is -0.114. The highest BCUT2D eigenvalue weighted by Gasteiger charge is 2.65. The molecular formula is C32H53ClIN5O4SSi3. The first kappa shape index (κ1) is 39.3. The molecule has 0 aromatic carbocycles. The van der Waals surface area contributed by atoms with Gasteiger partial charge in [-0.05, 0) is 40.3 Å². The van der Waals surface area contributed by atoms with E-state index < -0.39 is 29.9 Å². The Morgan fingerprint density at radius 2 is 1.66 bits per heavy atom.